The minimum absolute atomic E-state index is 0.177. The second-order valence-electron chi connectivity index (χ2n) is 5.54. The van der Waals surface area contributed by atoms with E-state index in [9.17, 15) is 14.4 Å². The van der Waals surface area contributed by atoms with Gasteiger partial charge in [-0.05, 0) is 25.3 Å². The predicted molar refractivity (Wildman–Crippen MR) is 86.5 cm³/mol. The third-order valence-electron chi connectivity index (χ3n) is 4.11. The third-order valence-corrected chi connectivity index (χ3v) is 4.11. The van der Waals surface area contributed by atoms with Gasteiger partial charge in [-0.3, -0.25) is 9.59 Å². The van der Waals surface area contributed by atoms with Crippen molar-refractivity contribution in [1.29, 1.82) is 0 Å². The van der Waals surface area contributed by atoms with Crippen molar-refractivity contribution in [2.45, 2.75) is 26.2 Å². The maximum atomic E-state index is 12.4. The molecule has 0 radical (unpaired) electrons. The van der Waals surface area contributed by atoms with Crippen LogP contribution in [-0.4, -0.2) is 39.2 Å². The maximum absolute atomic E-state index is 12.4. The topological polar surface area (TPSA) is 78.9 Å². The summed E-state index contributed by atoms with van der Waals surface area (Å²) in [7, 11) is 3.72. The molecule has 0 aromatic carbocycles. The van der Waals surface area contributed by atoms with Crippen LogP contribution in [0.25, 0.3) is 0 Å². The van der Waals surface area contributed by atoms with Gasteiger partial charge in [0.05, 0.1) is 21.3 Å². The highest BCUT2D eigenvalue weighted by Crippen LogP contribution is 2.48. The molecule has 0 heterocycles. The van der Waals surface area contributed by atoms with Gasteiger partial charge in [0.25, 0.3) is 0 Å². The van der Waals surface area contributed by atoms with E-state index in [0.29, 0.717) is 12.8 Å². The van der Waals surface area contributed by atoms with E-state index in [2.05, 4.69) is 23.2 Å². The molecule has 0 spiro atoms. The van der Waals surface area contributed by atoms with Gasteiger partial charge in [0.15, 0.2) is 5.41 Å². The van der Waals surface area contributed by atoms with Gasteiger partial charge in [-0.25, -0.2) is 4.79 Å². The molecule has 0 bridgehead atoms. The molecule has 130 valence electrons. The Morgan fingerprint density at radius 1 is 1.21 bits per heavy atom. The van der Waals surface area contributed by atoms with Gasteiger partial charge < -0.3 is 14.2 Å². The van der Waals surface area contributed by atoms with Crippen LogP contribution >= 0.6 is 0 Å². The van der Waals surface area contributed by atoms with Crippen molar-refractivity contribution in [1.82, 2.24) is 0 Å². The molecule has 1 aliphatic rings. The van der Waals surface area contributed by atoms with Crippen LogP contribution in [0.1, 0.15) is 26.2 Å². The molecule has 6 heteroatoms. The lowest BCUT2D eigenvalue weighted by Crippen LogP contribution is -2.44. The van der Waals surface area contributed by atoms with Gasteiger partial charge in [-0.15, -0.1) is 0 Å². The summed E-state index contributed by atoms with van der Waals surface area (Å²) in [4.78, 5) is 35.8. The lowest BCUT2D eigenvalue weighted by molar-refractivity contribution is -0.171. The van der Waals surface area contributed by atoms with E-state index in [1.807, 2.05) is 13.0 Å². The zero-order valence-electron chi connectivity index (χ0n) is 14.4. The highest BCUT2D eigenvalue weighted by Gasteiger charge is 2.56. The van der Waals surface area contributed by atoms with Crippen molar-refractivity contribution in [3.05, 3.63) is 23.8 Å². The first kappa shape index (κ1) is 19.5. The van der Waals surface area contributed by atoms with Crippen molar-refractivity contribution >= 4 is 17.9 Å². The molecular weight excluding hydrogens is 312 g/mol. The summed E-state index contributed by atoms with van der Waals surface area (Å²) < 4.78 is 14.2. The first-order valence-electron chi connectivity index (χ1n) is 7.43. The van der Waals surface area contributed by atoms with Crippen LogP contribution in [0.2, 0.25) is 0 Å². The average molecular weight is 334 g/mol. The molecule has 1 unspecified atom stereocenters. The molecule has 1 atom stereocenters. The Kier molecular flexibility index (Phi) is 6.78. The summed E-state index contributed by atoms with van der Waals surface area (Å²) in [6.45, 7) is 5.69. The molecule has 0 saturated carbocycles. The second kappa shape index (κ2) is 8.34. The van der Waals surface area contributed by atoms with Crippen LogP contribution in [0, 0.1) is 23.2 Å². The monoisotopic (exact) mass is 334 g/mol. The molecule has 0 saturated heterocycles. The van der Waals surface area contributed by atoms with Crippen LogP contribution in [0.3, 0.4) is 0 Å². The summed E-state index contributed by atoms with van der Waals surface area (Å²) in [5.41, 5.74) is 0.150. The van der Waals surface area contributed by atoms with Crippen LogP contribution in [-0.2, 0) is 28.6 Å². The highest BCUT2D eigenvalue weighted by molar-refractivity contribution is 6.02. The summed E-state index contributed by atoms with van der Waals surface area (Å²) in [6, 6.07) is 0. The van der Waals surface area contributed by atoms with Crippen molar-refractivity contribution in [3.63, 3.8) is 0 Å². The molecule has 0 N–H and O–H groups in total. The standard InChI is InChI=1S/C18H22O6/c1-12(2)13-10-14(8-6-7-9-15(19)22-3)18(11-13,16(20)23-4)17(21)24-5/h10,14H,1,6,8,11H2,2-5H3. The Bertz CT molecular complexity index is 616. The van der Waals surface area contributed by atoms with Gasteiger partial charge in [-0.1, -0.05) is 24.1 Å². The Morgan fingerprint density at radius 2 is 1.79 bits per heavy atom. The van der Waals surface area contributed by atoms with Gasteiger partial charge in [0, 0.05) is 18.3 Å². The van der Waals surface area contributed by atoms with Gasteiger partial charge in [0.1, 0.15) is 0 Å². The molecule has 1 rings (SSSR count). The predicted octanol–water partition coefficient (Wildman–Crippen LogP) is 1.80. The zero-order valence-corrected chi connectivity index (χ0v) is 14.4. The van der Waals surface area contributed by atoms with E-state index in [1.54, 1.807) is 0 Å². The second-order valence-corrected chi connectivity index (χ2v) is 5.54. The van der Waals surface area contributed by atoms with Gasteiger partial charge in [0.2, 0.25) is 0 Å². The van der Waals surface area contributed by atoms with E-state index in [4.69, 9.17) is 9.47 Å². The van der Waals surface area contributed by atoms with Gasteiger partial charge >= 0.3 is 17.9 Å². The van der Waals surface area contributed by atoms with E-state index < -0.39 is 29.2 Å². The van der Waals surface area contributed by atoms with E-state index >= 15 is 0 Å². The summed E-state index contributed by atoms with van der Waals surface area (Å²) in [5.74, 6) is 2.63. The number of esters is 3. The third kappa shape index (κ3) is 3.85. The summed E-state index contributed by atoms with van der Waals surface area (Å²) in [6.07, 6.45) is 2.73. The van der Waals surface area contributed by atoms with E-state index in [0.717, 1.165) is 11.1 Å². The molecule has 24 heavy (non-hydrogen) atoms. The maximum Gasteiger partial charge on any atom is 0.384 e. The number of ether oxygens (including phenoxy) is 3. The SMILES string of the molecule is C=C(C)C1=CC(CCC#CC(=O)OC)C(C(=O)OC)(C(=O)OC)C1. The number of methoxy groups -OCH3 is 3. The molecule has 0 aromatic heterocycles. The number of rotatable bonds is 5. The Balaban J connectivity index is 3.12. The van der Waals surface area contributed by atoms with E-state index in [1.165, 1.54) is 21.3 Å². The normalized spacial score (nSPS) is 17.8. The minimum atomic E-state index is -1.44. The number of carbonyl (C=O) groups excluding carboxylic acids is 3. The minimum Gasteiger partial charge on any atom is -0.468 e. The summed E-state index contributed by atoms with van der Waals surface area (Å²) in [5, 5.41) is 0. The molecule has 0 fully saturated rings. The molecular formula is C18H22O6. The number of carbonyl (C=O) groups is 3. The van der Waals surface area contributed by atoms with Crippen molar-refractivity contribution < 1.29 is 28.6 Å². The smallest absolute Gasteiger partial charge is 0.384 e. The Hall–Kier alpha value is -2.55. The summed E-state index contributed by atoms with van der Waals surface area (Å²) >= 11 is 0. The van der Waals surface area contributed by atoms with Crippen molar-refractivity contribution in [2.75, 3.05) is 21.3 Å². The Morgan fingerprint density at radius 3 is 2.25 bits per heavy atom. The van der Waals surface area contributed by atoms with Crippen molar-refractivity contribution in [3.8, 4) is 11.8 Å². The molecule has 0 aliphatic heterocycles. The quantitative estimate of drug-likeness (QED) is 0.251. The van der Waals surface area contributed by atoms with Crippen molar-refractivity contribution in [2.24, 2.45) is 11.3 Å². The average Bonchev–Trinajstić information content (AvgIpc) is 2.97. The first-order chi connectivity index (χ1) is 11.3. The van der Waals surface area contributed by atoms with E-state index in [-0.39, 0.29) is 6.42 Å². The fourth-order valence-electron chi connectivity index (χ4n) is 2.81. The lowest BCUT2D eigenvalue weighted by atomic mass is 9.74. The zero-order chi connectivity index (χ0) is 18.3. The van der Waals surface area contributed by atoms with Crippen LogP contribution in [0.5, 0.6) is 0 Å². The van der Waals surface area contributed by atoms with Crippen LogP contribution < -0.4 is 0 Å². The fraction of sp³-hybridized carbons (Fsp3) is 0.500. The number of allylic oxidation sites excluding steroid dienone is 3. The molecule has 1 aliphatic carbocycles. The molecule has 6 nitrogen and oxygen atoms in total. The Labute approximate surface area is 141 Å². The lowest BCUT2D eigenvalue weighted by Gasteiger charge is -2.29. The fourth-order valence-corrected chi connectivity index (χ4v) is 2.81. The molecule has 0 aromatic rings. The van der Waals surface area contributed by atoms with Crippen LogP contribution in [0.15, 0.2) is 23.8 Å². The first-order valence-corrected chi connectivity index (χ1v) is 7.43. The number of hydrogen-bond acceptors (Lipinski definition) is 6. The highest BCUT2D eigenvalue weighted by atomic mass is 16.5. The number of hydrogen-bond donors (Lipinski definition) is 0. The van der Waals surface area contributed by atoms with Crippen LogP contribution in [0.4, 0.5) is 0 Å². The van der Waals surface area contributed by atoms with Gasteiger partial charge in [-0.2, -0.15) is 0 Å². The molecule has 0 amide bonds. The largest absolute Gasteiger partial charge is 0.468 e.